The number of carbonyl (C=O) groups excluding carboxylic acids is 1. The Morgan fingerprint density at radius 3 is 2.56 bits per heavy atom. The Balaban J connectivity index is 2.86. The van der Waals surface area contributed by atoms with Crippen molar-refractivity contribution >= 4 is 5.97 Å². The molecule has 0 saturated heterocycles. The highest BCUT2D eigenvalue weighted by Crippen LogP contribution is 2.25. The third-order valence-corrected chi connectivity index (χ3v) is 1.76. The molecule has 0 radical (unpaired) electrons. The number of hydrogen-bond donors (Lipinski definition) is 0. The minimum atomic E-state index is -0.455. The molecule has 1 rings (SSSR count). The molecule has 0 atom stereocenters. The van der Waals surface area contributed by atoms with Gasteiger partial charge in [-0.05, 0) is 34.6 Å². The van der Waals surface area contributed by atoms with Crippen molar-refractivity contribution in [2.45, 2.75) is 40.2 Å². The molecule has 0 saturated carbocycles. The lowest BCUT2D eigenvalue weighted by Gasteiger charge is -2.18. The molecular weight excluding hydrogens is 208 g/mol. The van der Waals surface area contributed by atoms with E-state index >= 15 is 0 Å². The van der Waals surface area contributed by atoms with Crippen LogP contribution in [0.15, 0.2) is 10.5 Å². The molecule has 4 nitrogen and oxygen atoms in total. The fraction of sp³-hybridized carbons (Fsp3) is 0.583. The summed E-state index contributed by atoms with van der Waals surface area (Å²) >= 11 is 0. The summed E-state index contributed by atoms with van der Waals surface area (Å²) in [6.07, 6.45) is 0. The van der Waals surface area contributed by atoms with Gasteiger partial charge in [0.1, 0.15) is 5.60 Å². The summed E-state index contributed by atoms with van der Waals surface area (Å²) in [6, 6.07) is 1.69. The minimum absolute atomic E-state index is 0.209. The average molecular weight is 226 g/mol. The minimum Gasteiger partial charge on any atom is -0.460 e. The Morgan fingerprint density at radius 1 is 1.44 bits per heavy atom. The molecule has 0 fully saturated rings. The molecule has 0 aromatic carbocycles. The summed E-state index contributed by atoms with van der Waals surface area (Å²) in [7, 11) is 0. The van der Waals surface area contributed by atoms with Crippen LogP contribution in [-0.2, 0) is 4.74 Å². The monoisotopic (exact) mass is 226 g/mol. The number of rotatable bonds is 3. The van der Waals surface area contributed by atoms with Crippen LogP contribution < -0.4 is 4.74 Å². The van der Waals surface area contributed by atoms with Gasteiger partial charge >= 0.3 is 5.97 Å². The molecule has 0 unspecified atom stereocenters. The Bertz CT molecular complexity index is 371. The van der Waals surface area contributed by atoms with E-state index in [1.54, 1.807) is 19.9 Å². The third kappa shape index (κ3) is 3.29. The molecule has 0 aliphatic rings. The smallest absolute Gasteiger partial charge is 0.374 e. The first-order chi connectivity index (χ1) is 7.33. The molecular formula is C12H18O4. The molecule has 0 amide bonds. The standard InChI is InChI=1S/C12H18O4/c1-6-14-11(13)10-8(2)7-9(15-10)16-12(3,4)5/h7H,6H2,1-5H3. The summed E-state index contributed by atoms with van der Waals surface area (Å²) in [5.74, 6) is 0.0953. The van der Waals surface area contributed by atoms with E-state index in [0.29, 0.717) is 12.6 Å². The van der Waals surface area contributed by atoms with E-state index in [4.69, 9.17) is 13.9 Å². The van der Waals surface area contributed by atoms with Crippen LogP contribution in [-0.4, -0.2) is 18.2 Å². The van der Waals surface area contributed by atoms with E-state index in [2.05, 4.69) is 0 Å². The van der Waals surface area contributed by atoms with Crippen molar-refractivity contribution in [1.82, 2.24) is 0 Å². The van der Waals surface area contributed by atoms with Crippen LogP contribution in [0.1, 0.15) is 43.8 Å². The first-order valence-electron chi connectivity index (χ1n) is 5.30. The van der Waals surface area contributed by atoms with Crippen LogP contribution in [0.3, 0.4) is 0 Å². The van der Waals surface area contributed by atoms with Crippen LogP contribution in [0.4, 0.5) is 0 Å². The lowest BCUT2D eigenvalue weighted by Crippen LogP contribution is -2.22. The molecule has 16 heavy (non-hydrogen) atoms. The summed E-state index contributed by atoms with van der Waals surface area (Å²) in [5.41, 5.74) is 0.369. The van der Waals surface area contributed by atoms with E-state index in [0.717, 1.165) is 5.56 Å². The zero-order valence-corrected chi connectivity index (χ0v) is 10.4. The van der Waals surface area contributed by atoms with Crippen molar-refractivity contribution in [3.05, 3.63) is 17.4 Å². The number of aryl methyl sites for hydroxylation is 1. The fourth-order valence-electron chi connectivity index (χ4n) is 1.20. The van der Waals surface area contributed by atoms with Crippen molar-refractivity contribution in [1.29, 1.82) is 0 Å². The normalized spacial score (nSPS) is 11.3. The van der Waals surface area contributed by atoms with Gasteiger partial charge in [0.15, 0.2) is 0 Å². The van der Waals surface area contributed by atoms with Gasteiger partial charge in [-0.3, -0.25) is 0 Å². The second kappa shape index (κ2) is 4.60. The van der Waals surface area contributed by atoms with Crippen molar-refractivity contribution in [2.24, 2.45) is 0 Å². The van der Waals surface area contributed by atoms with Crippen LogP contribution in [0.2, 0.25) is 0 Å². The van der Waals surface area contributed by atoms with Gasteiger partial charge in [0.2, 0.25) is 5.76 Å². The van der Waals surface area contributed by atoms with E-state index in [9.17, 15) is 4.79 Å². The van der Waals surface area contributed by atoms with Crippen molar-refractivity contribution in [2.75, 3.05) is 6.61 Å². The summed E-state index contributed by atoms with van der Waals surface area (Å²) in [6.45, 7) is 9.60. The summed E-state index contributed by atoms with van der Waals surface area (Å²) < 4.78 is 15.7. The molecule has 1 aromatic heterocycles. The maximum absolute atomic E-state index is 11.5. The lowest BCUT2D eigenvalue weighted by molar-refractivity contribution is 0.0456. The van der Waals surface area contributed by atoms with Crippen LogP contribution >= 0.6 is 0 Å². The Kier molecular flexibility index (Phi) is 3.62. The molecule has 0 bridgehead atoms. The molecule has 4 heteroatoms. The molecule has 0 aliphatic heterocycles. The maximum Gasteiger partial charge on any atom is 0.374 e. The predicted molar refractivity (Wildman–Crippen MR) is 59.8 cm³/mol. The van der Waals surface area contributed by atoms with Gasteiger partial charge in [-0.15, -0.1) is 0 Å². The number of esters is 1. The average Bonchev–Trinajstić information content (AvgIpc) is 2.44. The molecule has 0 N–H and O–H groups in total. The number of carbonyl (C=O) groups is 1. The number of hydrogen-bond acceptors (Lipinski definition) is 4. The molecule has 1 heterocycles. The quantitative estimate of drug-likeness (QED) is 0.743. The van der Waals surface area contributed by atoms with Crippen LogP contribution in [0.5, 0.6) is 5.95 Å². The highest BCUT2D eigenvalue weighted by Gasteiger charge is 2.20. The molecule has 0 spiro atoms. The van der Waals surface area contributed by atoms with E-state index in [1.165, 1.54) is 0 Å². The SMILES string of the molecule is CCOC(=O)c1oc(OC(C)(C)C)cc1C. The second-order valence-corrected chi connectivity index (χ2v) is 4.51. The zero-order valence-electron chi connectivity index (χ0n) is 10.4. The zero-order chi connectivity index (χ0) is 12.3. The molecule has 90 valence electrons. The van der Waals surface area contributed by atoms with E-state index < -0.39 is 5.97 Å². The van der Waals surface area contributed by atoms with Gasteiger partial charge in [-0.2, -0.15) is 0 Å². The largest absolute Gasteiger partial charge is 0.460 e. The van der Waals surface area contributed by atoms with Gasteiger partial charge in [0.05, 0.1) is 6.61 Å². The van der Waals surface area contributed by atoms with Crippen molar-refractivity contribution in [3.63, 3.8) is 0 Å². The van der Waals surface area contributed by atoms with Gasteiger partial charge in [-0.1, -0.05) is 0 Å². The van der Waals surface area contributed by atoms with E-state index in [-0.39, 0.29) is 11.4 Å². The third-order valence-electron chi connectivity index (χ3n) is 1.76. The summed E-state index contributed by atoms with van der Waals surface area (Å²) in [4.78, 5) is 11.5. The fourth-order valence-corrected chi connectivity index (χ4v) is 1.20. The second-order valence-electron chi connectivity index (χ2n) is 4.51. The molecule has 0 aliphatic carbocycles. The lowest BCUT2D eigenvalue weighted by atomic mass is 10.2. The van der Waals surface area contributed by atoms with Gasteiger partial charge in [0.25, 0.3) is 5.95 Å². The number of furan rings is 1. The topological polar surface area (TPSA) is 48.7 Å². The Morgan fingerprint density at radius 2 is 2.06 bits per heavy atom. The highest BCUT2D eigenvalue weighted by atomic mass is 16.6. The van der Waals surface area contributed by atoms with Gasteiger partial charge in [0, 0.05) is 11.6 Å². The number of ether oxygens (including phenoxy) is 2. The first-order valence-corrected chi connectivity index (χ1v) is 5.30. The Labute approximate surface area is 95.5 Å². The van der Waals surface area contributed by atoms with Crippen LogP contribution in [0, 0.1) is 6.92 Å². The Hall–Kier alpha value is -1.45. The van der Waals surface area contributed by atoms with E-state index in [1.807, 2.05) is 20.8 Å². The highest BCUT2D eigenvalue weighted by molar-refractivity contribution is 5.88. The van der Waals surface area contributed by atoms with Crippen molar-refractivity contribution in [3.8, 4) is 5.95 Å². The maximum atomic E-state index is 11.5. The first kappa shape index (κ1) is 12.6. The van der Waals surface area contributed by atoms with Crippen molar-refractivity contribution < 1.29 is 18.7 Å². The van der Waals surface area contributed by atoms with Gasteiger partial charge in [-0.25, -0.2) is 4.79 Å². The predicted octanol–water partition coefficient (Wildman–Crippen LogP) is 2.94. The molecule has 1 aromatic rings. The van der Waals surface area contributed by atoms with Gasteiger partial charge < -0.3 is 13.9 Å². The summed E-state index contributed by atoms with van der Waals surface area (Å²) in [5, 5.41) is 0. The van der Waals surface area contributed by atoms with Crippen LogP contribution in [0.25, 0.3) is 0 Å².